The van der Waals surface area contributed by atoms with Crippen LogP contribution >= 0.6 is 0 Å². The fraction of sp³-hybridized carbons (Fsp3) is 0.769. The molecule has 7 heteroatoms. The Kier molecular flexibility index (Phi) is 6.44. The van der Waals surface area contributed by atoms with Gasteiger partial charge in [-0.25, -0.2) is 4.79 Å². The number of nitrogens with zero attached hydrogens (tertiary/aromatic N) is 1. The highest BCUT2D eigenvalue weighted by Crippen LogP contribution is 2.17. The summed E-state index contributed by atoms with van der Waals surface area (Å²) in [7, 11) is 0. The number of hydrogen-bond donors (Lipinski definition) is 2. The van der Waals surface area contributed by atoms with Crippen molar-refractivity contribution in [3.63, 3.8) is 0 Å². The van der Waals surface area contributed by atoms with E-state index in [1.807, 2.05) is 0 Å². The summed E-state index contributed by atoms with van der Waals surface area (Å²) in [5.41, 5.74) is 0. The number of carbonyl (C=O) groups excluding carboxylic acids is 3. The predicted molar refractivity (Wildman–Crippen MR) is 73.0 cm³/mol. The predicted octanol–water partition coefficient (Wildman–Crippen LogP) is 0.248. The summed E-state index contributed by atoms with van der Waals surface area (Å²) in [4.78, 5) is 36.6. The molecule has 1 atom stereocenters. The van der Waals surface area contributed by atoms with E-state index in [0.717, 1.165) is 6.42 Å². The summed E-state index contributed by atoms with van der Waals surface area (Å²) >= 11 is 0. The monoisotopic (exact) mass is 285 g/mol. The van der Waals surface area contributed by atoms with Crippen molar-refractivity contribution in [1.29, 1.82) is 0 Å². The van der Waals surface area contributed by atoms with E-state index in [1.54, 1.807) is 25.7 Å². The molecule has 1 heterocycles. The van der Waals surface area contributed by atoms with Gasteiger partial charge in [-0.05, 0) is 40.2 Å². The molecular formula is C13H23N3O4. The SMILES string of the molecule is CCOC(=O)C1CCCN1CC(=O)NC(=O)NC(C)C. The topological polar surface area (TPSA) is 87.7 Å². The molecule has 0 aliphatic carbocycles. The van der Waals surface area contributed by atoms with Crippen LogP contribution in [0.1, 0.15) is 33.6 Å². The van der Waals surface area contributed by atoms with E-state index in [2.05, 4.69) is 10.6 Å². The third-order valence-electron chi connectivity index (χ3n) is 2.94. The standard InChI is InChI=1S/C13H23N3O4/c1-4-20-12(18)10-6-5-7-16(10)8-11(17)15-13(19)14-9(2)3/h9-10H,4-8H2,1-3H3,(H2,14,15,17,19). The molecule has 1 saturated heterocycles. The molecule has 114 valence electrons. The van der Waals surface area contributed by atoms with Crippen molar-refractivity contribution in [3.8, 4) is 0 Å². The van der Waals surface area contributed by atoms with E-state index >= 15 is 0 Å². The van der Waals surface area contributed by atoms with Crippen LogP contribution in [0.25, 0.3) is 0 Å². The molecule has 0 aromatic heterocycles. The third kappa shape index (κ3) is 5.16. The minimum Gasteiger partial charge on any atom is -0.465 e. The third-order valence-corrected chi connectivity index (χ3v) is 2.94. The van der Waals surface area contributed by atoms with Crippen LogP contribution in [0.3, 0.4) is 0 Å². The lowest BCUT2D eigenvalue weighted by atomic mass is 10.2. The van der Waals surface area contributed by atoms with Gasteiger partial charge in [0.15, 0.2) is 0 Å². The summed E-state index contributed by atoms with van der Waals surface area (Å²) < 4.78 is 4.98. The molecule has 1 rings (SSSR count). The number of nitrogens with one attached hydrogen (secondary N) is 2. The summed E-state index contributed by atoms with van der Waals surface area (Å²) in [6.45, 7) is 6.37. The Bertz CT molecular complexity index is 371. The zero-order valence-electron chi connectivity index (χ0n) is 12.3. The Hall–Kier alpha value is -1.63. The average Bonchev–Trinajstić information content (AvgIpc) is 2.75. The second-order valence-electron chi connectivity index (χ2n) is 5.06. The molecular weight excluding hydrogens is 262 g/mol. The van der Waals surface area contributed by atoms with Crippen molar-refractivity contribution < 1.29 is 19.1 Å². The Morgan fingerprint density at radius 2 is 2.05 bits per heavy atom. The normalized spacial score (nSPS) is 18.9. The van der Waals surface area contributed by atoms with E-state index in [4.69, 9.17) is 4.74 Å². The fourth-order valence-electron chi connectivity index (χ4n) is 2.17. The molecule has 7 nitrogen and oxygen atoms in total. The van der Waals surface area contributed by atoms with Gasteiger partial charge in [0.25, 0.3) is 0 Å². The first-order chi connectivity index (χ1) is 9.43. The number of hydrogen-bond acceptors (Lipinski definition) is 5. The molecule has 0 saturated carbocycles. The maximum absolute atomic E-state index is 11.8. The Labute approximate surface area is 119 Å². The average molecular weight is 285 g/mol. The first kappa shape index (κ1) is 16.4. The van der Waals surface area contributed by atoms with Crippen LogP contribution in [0.5, 0.6) is 0 Å². The highest BCUT2D eigenvalue weighted by molar-refractivity contribution is 5.95. The number of esters is 1. The number of urea groups is 1. The van der Waals surface area contributed by atoms with E-state index in [0.29, 0.717) is 19.6 Å². The molecule has 1 aliphatic rings. The zero-order valence-corrected chi connectivity index (χ0v) is 12.3. The van der Waals surface area contributed by atoms with E-state index in [1.165, 1.54) is 0 Å². The highest BCUT2D eigenvalue weighted by Gasteiger charge is 2.33. The van der Waals surface area contributed by atoms with Crippen LogP contribution in [0.15, 0.2) is 0 Å². The van der Waals surface area contributed by atoms with Crippen LogP contribution < -0.4 is 10.6 Å². The minimum absolute atomic E-state index is 0.0228. The maximum Gasteiger partial charge on any atom is 0.323 e. The van der Waals surface area contributed by atoms with Crippen molar-refractivity contribution in [2.24, 2.45) is 0 Å². The fourth-order valence-corrected chi connectivity index (χ4v) is 2.17. The van der Waals surface area contributed by atoms with Crippen LogP contribution in [-0.4, -0.2) is 54.6 Å². The number of amides is 3. The van der Waals surface area contributed by atoms with Gasteiger partial charge >= 0.3 is 12.0 Å². The first-order valence-corrected chi connectivity index (χ1v) is 6.95. The summed E-state index contributed by atoms with van der Waals surface area (Å²) in [5.74, 6) is -0.719. The van der Waals surface area contributed by atoms with Gasteiger partial charge in [-0.2, -0.15) is 0 Å². The Balaban J connectivity index is 2.44. The van der Waals surface area contributed by atoms with Gasteiger partial charge in [0.1, 0.15) is 6.04 Å². The molecule has 20 heavy (non-hydrogen) atoms. The van der Waals surface area contributed by atoms with Crippen molar-refractivity contribution >= 4 is 17.9 Å². The van der Waals surface area contributed by atoms with Gasteiger partial charge in [-0.15, -0.1) is 0 Å². The van der Waals surface area contributed by atoms with Crippen molar-refractivity contribution in [3.05, 3.63) is 0 Å². The number of likely N-dealkylation sites (tertiary alicyclic amines) is 1. The van der Waals surface area contributed by atoms with Gasteiger partial charge in [0.05, 0.1) is 13.2 Å². The lowest BCUT2D eigenvalue weighted by Crippen LogP contribution is -2.48. The second kappa shape index (κ2) is 7.84. The van der Waals surface area contributed by atoms with Gasteiger partial charge in [0.2, 0.25) is 5.91 Å². The molecule has 0 bridgehead atoms. The molecule has 2 N–H and O–H groups in total. The number of rotatable bonds is 5. The molecule has 1 aliphatic heterocycles. The van der Waals surface area contributed by atoms with Crippen LogP contribution in [-0.2, 0) is 14.3 Å². The van der Waals surface area contributed by atoms with Crippen molar-refractivity contribution in [2.75, 3.05) is 19.7 Å². The number of ether oxygens (including phenoxy) is 1. The first-order valence-electron chi connectivity index (χ1n) is 6.95. The number of imide groups is 1. The lowest BCUT2D eigenvalue weighted by Gasteiger charge is -2.22. The maximum atomic E-state index is 11.8. The van der Waals surface area contributed by atoms with Crippen LogP contribution in [0.2, 0.25) is 0 Å². The molecule has 0 spiro atoms. The van der Waals surface area contributed by atoms with E-state index < -0.39 is 11.9 Å². The van der Waals surface area contributed by atoms with E-state index in [9.17, 15) is 14.4 Å². The van der Waals surface area contributed by atoms with Gasteiger partial charge in [-0.1, -0.05) is 0 Å². The van der Waals surface area contributed by atoms with Crippen LogP contribution in [0.4, 0.5) is 4.79 Å². The summed E-state index contributed by atoms with van der Waals surface area (Å²) in [5, 5.41) is 4.82. The molecule has 0 aromatic rings. The Morgan fingerprint density at radius 1 is 1.35 bits per heavy atom. The summed E-state index contributed by atoms with van der Waals surface area (Å²) in [6.07, 6.45) is 1.53. The van der Waals surface area contributed by atoms with Gasteiger partial charge < -0.3 is 10.1 Å². The van der Waals surface area contributed by atoms with Crippen LogP contribution in [0, 0.1) is 0 Å². The summed E-state index contributed by atoms with van der Waals surface area (Å²) in [6, 6.07) is -0.937. The molecule has 3 amide bonds. The molecule has 0 aromatic carbocycles. The van der Waals surface area contributed by atoms with Crippen molar-refractivity contribution in [2.45, 2.75) is 45.7 Å². The van der Waals surface area contributed by atoms with Gasteiger partial charge in [-0.3, -0.25) is 19.8 Å². The highest BCUT2D eigenvalue weighted by atomic mass is 16.5. The zero-order chi connectivity index (χ0) is 15.1. The molecule has 1 unspecified atom stereocenters. The second-order valence-corrected chi connectivity index (χ2v) is 5.06. The smallest absolute Gasteiger partial charge is 0.323 e. The molecule has 1 fully saturated rings. The largest absolute Gasteiger partial charge is 0.465 e. The van der Waals surface area contributed by atoms with E-state index in [-0.39, 0.29) is 24.6 Å². The number of carbonyl (C=O) groups is 3. The minimum atomic E-state index is -0.517. The lowest BCUT2D eigenvalue weighted by molar-refractivity contribution is -0.148. The van der Waals surface area contributed by atoms with Gasteiger partial charge in [0, 0.05) is 6.04 Å². The molecule has 0 radical (unpaired) electrons. The van der Waals surface area contributed by atoms with Crippen molar-refractivity contribution in [1.82, 2.24) is 15.5 Å². The Morgan fingerprint density at radius 3 is 2.65 bits per heavy atom. The quantitative estimate of drug-likeness (QED) is 0.707.